The first-order valence-corrected chi connectivity index (χ1v) is 8.62. The molecule has 0 atom stereocenters. The van der Waals surface area contributed by atoms with E-state index in [0.717, 1.165) is 12.1 Å². The minimum absolute atomic E-state index is 0.0543. The molecule has 2 aliphatic heterocycles. The predicted molar refractivity (Wildman–Crippen MR) is 90.8 cm³/mol. The zero-order valence-electron chi connectivity index (χ0n) is 14.4. The van der Waals surface area contributed by atoms with E-state index in [2.05, 4.69) is 5.32 Å². The number of carbonyl (C=O) groups excluding carboxylic acids is 2. The van der Waals surface area contributed by atoms with E-state index in [1.807, 2.05) is 4.90 Å². The molecule has 7 nitrogen and oxygen atoms in total. The van der Waals surface area contributed by atoms with E-state index in [1.54, 1.807) is 9.80 Å². The lowest BCUT2D eigenvalue weighted by Crippen LogP contribution is -2.53. The Labute approximate surface area is 150 Å². The summed E-state index contributed by atoms with van der Waals surface area (Å²) in [5.41, 5.74) is -0.0543. The van der Waals surface area contributed by atoms with E-state index in [9.17, 15) is 18.4 Å². The first-order chi connectivity index (χ1) is 12.5. The number of amides is 3. The second-order valence-corrected chi connectivity index (χ2v) is 6.31. The third-order valence-electron chi connectivity index (χ3n) is 4.55. The molecular formula is C17H22F2N4O3. The largest absolute Gasteiger partial charge is 0.378 e. The van der Waals surface area contributed by atoms with Gasteiger partial charge in [-0.05, 0) is 12.1 Å². The average Bonchev–Trinajstić information content (AvgIpc) is 2.65. The molecule has 0 spiro atoms. The summed E-state index contributed by atoms with van der Waals surface area (Å²) in [4.78, 5) is 29.8. The number of piperazine rings is 1. The quantitative estimate of drug-likeness (QED) is 0.864. The summed E-state index contributed by atoms with van der Waals surface area (Å²) in [6.45, 7) is 4.69. The first kappa shape index (κ1) is 18.5. The van der Waals surface area contributed by atoms with Gasteiger partial charge in [-0.2, -0.15) is 0 Å². The monoisotopic (exact) mass is 368 g/mol. The molecule has 9 heteroatoms. The van der Waals surface area contributed by atoms with Crippen LogP contribution in [-0.4, -0.2) is 85.7 Å². The second kappa shape index (κ2) is 8.41. The summed E-state index contributed by atoms with van der Waals surface area (Å²) in [6.07, 6.45) is 0. The highest BCUT2D eigenvalue weighted by Crippen LogP contribution is 2.16. The van der Waals surface area contributed by atoms with Crippen molar-refractivity contribution in [2.45, 2.75) is 0 Å². The molecule has 3 amide bonds. The number of rotatable bonds is 3. The van der Waals surface area contributed by atoms with E-state index in [4.69, 9.17) is 4.74 Å². The van der Waals surface area contributed by atoms with Crippen LogP contribution in [0, 0.1) is 11.6 Å². The van der Waals surface area contributed by atoms with Gasteiger partial charge in [0.25, 0.3) is 0 Å². The van der Waals surface area contributed by atoms with Crippen molar-refractivity contribution in [1.82, 2.24) is 14.7 Å². The minimum atomic E-state index is -0.812. The number of halogens is 2. The number of ether oxygens (including phenoxy) is 1. The molecule has 2 fully saturated rings. The van der Waals surface area contributed by atoms with Gasteiger partial charge in [-0.15, -0.1) is 0 Å². The van der Waals surface area contributed by atoms with Crippen LogP contribution in [0.25, 0.3) is 0 Å². The highest BCUT2D eigenvalue weighted by Gasteiger charge is 2.25. The summed E-state index contributed by atoms with van der Waals surface area (Å²) in [5, 5.41) is 2.45. The highest BCUT2D eigenvalue weighted by atomic mass is 19.1. The maximum Gasteiger partial charge on any atom is 0.322 e. The number of carbonyl (C=O) groups is 2. The van der Waals surface area contributed by atoms with Crippen molar-refractivity contribution in [1.29, 1.82) is 0 Å². The zero-order chi connectivity index (χ0) is 18.5. The van der Waals surface area contributed by atoms with Crippen LogP contribution in [-0.2, 0) is 9.53 Å². The SMILES string of the molecule is O=C(CN1CCN(C(=O)Nc2ccc(F)cc2F)CC1)N1CCOCC1. The Morgan fingerprint density at radius 2 is 1.69 bits per heavy atom. The van der Waals surface area contributed by atoms with E-state index >= 15 is 0 Å². The summed E-state index contributed by atoms with van der Waals surface area (Å²) < 4.78 is 31.8. The van der Waals surface area contributed by atoms with Gasteiger partial charge in [-0.3, -0.25) is 9.69 Å². The van der Waals surface area contributed by atoms with Crippen LogP contribution in [0.1, 0.15) is 0 Å². The first-order valence-electron chi connectivity index (χ1n) is 8.62. The predicted octanol–water partition coefficient (Wildman–Crippen LogP) is 0.973. The maximum atomic E-state index is 13.6. The van der Waals surface area contributed by atoms with Crippen molar-refractivity contribution in [2.75, 3.05) is 64.3 Å². The van der Waals surface area contributed by atoms with Gasteiger partial charge >= 0.3 is 6.03 Å². The van der Waals surface area contributed by atoms with E-state index < -0.39 is 17.7 Å². The van der Waals surface area contributed by atoms with Crippen LogP contribution in [0.5, 0.6) is 0 Å². The summed E-state index contributed by atoms with van der Waals surface area (Å²) in [5.74, 6) is -1.44. The summed E-state index contributed by atoms with van der Waals surface area (Å²) in [6, 6.07) is 2.58. The van der Waals surface area contributed by atoms with Crippen molar-refractivity contribution < 1.29 is 23.1 Å². The van der Waals surface area contributed by atoms with Gasteiger partial charge < -0.3 is 19.9 Å². The highest BCUT2D eigenvalue weighted by molar-refractivity contribution is 5.89. The second-order valence-electron chi connectivity index (χ2n) is 6.31. The molecule has 1 aromatic rings. The Kier molecular flexibility index (Phi) is 6.00. The zero-order valence-corrected chi connectivity index (χ0v) is 14.4. The number of benzene rings is 1. The molecule has 3 rings (SSSR count). The third kappa shape index (κ3) is 4.67. The number of hydrogen-bond donors (Lipinski definition) is 1. The number of nitrogens with one attached hydrogen (secondary N) is 1. The molecule has 142 valence electrons. The summed E-state index contributed by atoms with van der Waals surface area (Å²) in [7, 11) is 0. The van der Waals surface area contributed by atoms with Crippen LogP contribution in [0.4, 0.5) is 19.3 Å². The van der Waals surface area contributed by atoms with Gasteiger partial charge in [0, 0.05) is 45.3 Å². The number of morpholine rings is 1. The molecule has 2 aliphatic rings. The lowest BCUT2D eigenvalue weighted by atomic mass is 10.3. The van der Waals surface area contributed by atoms with Crippen molar-refractivity contribution in [3.63, 3.8) is 0 Å². The molecular weight excluding hydrogens is 346 g/mol. The lowest BCUT2D eigenvalue weighted by Gasteiger charge is -2.36. The van der Waals surface area contributed by atoms with Crippen LogP contribution >= 0.6 is 0 Å². The standard InChI is InChI=1S/C17H22F2N4O3/c18-13-1-2-15(14(19)11-13)20-17(25)23-5-3-21(4-6-23)12-16(24)22-7-9-26-10-8-22/h1-2,11H,3-10,12H2,(H,20,25). The number of urea groups is 1. The Balaban J connectivity index is 1.45. The van der Waals surface area contributed by atoms with E-state index in [0.29, 0.717) is 59.0 Å². The van der Waals surface area contributed by atoms with Crippen LogP contribution in [0.3, 0.4) is 0 Å². The smallest absolute Gasteiger partial charge is 0.322 e. The van der Waals surface area contributed by atoms with Crippen molar-refractivity contribution in [3.05, 3.63) is 29.8 Å². The lowest BCUT2D eigenvalue weighted by molar-refractivity contribution is -0.136. The third-order valence-corrected chi connectivity index (χ3v) is 4.55. The molecule has 2 heterocycles. The molecule has 0 saturated carbocycles. The van der Waals surface area contributed by atoms with Gasteiger partial charge in [0.1, 0.15) is 11.6 Å². The fraction of sp³-hybridized carbons (Fsp3) is 0.529. The molecule has 0 aliphatic carbocycles. The minimum Gasteiger partial charge on any atom is -0.378 e. The van der Waals surface area contributed by atoms with Crippen LogP contribution < -0.4 is 5.32 Å². The van der Waals surface area contributed by atoms with Crippen molar-refractivity contribution >= 4 is 17.6 Å². The Hall–Kier alpha value is -2.26. The molecule has 0 aromatic heterocycles. The van der Waals surface area contributed by atoms with Gasteiger partial charge in [-0.25, -0.2) is 13.6 Å². The molecule has 0 bridgehead atoms. The normalized spacial score (nSPS) is 18.7. The van der Waals surface area contributed by atoms with Crippen molar-refractivity contribution in [3.8, 4) is 0 Å². The van der Waals surface area contributed by atoms with E-state index in [-0.39, 0.29) is 11.6 Å². The molecule has 0 unspecified atom stereocenters. The fourth-order valence-corrected chi connectivity index (χ4v) is 3.00. The average molecular weight is 368 g/mol. The summed E-state index contributed by atoms with van der Waals surface area (Å²) >= 11 is 0. The molecule has 2 saturated heterocycles. The number of hydrogen-bond acceptors (Lipinski definition) is 4. The van der Waals surface area contributed by atoms with Crippen LogP contribution in [0.2, 0.25) is 0 Å². The van der Waals surface area contributed by atoms with E-state index in [1.165, 1.54) is 6.07 Å². The Bertz CT molecular complexity index is 659. The molecule has 1 aromatic carbocycles. The fourth-order valence-electron chi connectivity index (χ4n) is 3.00. The topological polar surface area (TPSA) is 65.1 Å². The van der Waals surface area contributed by atoms with Gasteiger partial charge in [0.15, 0.2) is 0 Å². The van der Waals surface area contributed by atoms with Gasteiger partial charge in [0.2, 0.25) is 5.91 Å². The maximum absolute atomic E-state index is 13.6. The van der Waals surface area contributed by atoms with Crippen LogP contribution in [0.15, 0.2) is 18.2 Å². The Morgan fingerprint density at radius 1 is 1.00 bits per heavy atom. The molecule has 1 N–H and O–H groups in total. The van der Waals surface area contributed by atoms with Gasteiger partial charge in [-0.1, -0.05) is 0 Å². The van der Waals surface area contributed by atoms with Gasteiger partial charge in [0.05, 0.1) is 25.4 Å². The Morgan fingerprint density at radius 3 is 2.35 bits per heavy atom. The number of anilines is 1. The molecule has 26 heavy (non-hydrogen) atoms. The van der Waals surface area contributed by atoms with Crippen molar-refractivity contribution in [2.24, 2.45) is 0 Å². The molecule has 0 radical (unpaired) electrons. The number of nitrogens with zero attached hydrogens (tertiary/aromatic N) is 3.